The van der Waals surface area contributed by atoms with Crippen LogP contribution in [0.25, 0.3) is 12.2 Å². The predicted octanol–water partition coefficient (Wildman–Crippen LogP) is 10.2. The van der Waals surface area contributed by atoms with Gasteiger partial charge in [0.2, 0.25) is 5.69 Å². The van der Waals surface area contributed by atoms with Crippen LogP contribution in [0.1, 0.15) is 106 Å². The molecule has 1 heterocycles. The van der Waals surface area contributed by atoms with Gasteiger partial charge in [-0.05, 0) is 99.0 Å². The molecule has 0 atom stereocenters. The Kier molecular flexibility index (Phi) is 12.9. The molecule has 0 amide bonds. The van der Waals surface area contributed by atoms with Gasteiger partial charge in [-0.2, -0.15) is 4.57 Å². The first-order valence-electron chi connectivity index (χ1n) is 16.6. The van der Waals surface area contributed by atoms with E-state index in [2.05, 4.69) is 139 Å². The van der Waals surface area contributed by atoms with E-state index in [-0.39, 0.29) is 23.2 Å². The number of rotatable bonds is 11. The average molecular weight is 607 g/mol. The summed E-state index contributed by atoms with van der Waals surface area (Å²) in [5.74, 6) is 0.263. The van der Waals surface area contributed by atoms with Crippen molar-refractivity contribution in [2.45, 2.75) is 101 Å². The highest BCUT2D eigenvalue weighted by atomic mass is 16.3. The molecule has 0 aromatic carbocycles. The minimum atomic E-state index is 0.0190. The van der Waals surface area contributed by atoms with Gasteiger partial charge in [0.1, 0.15) is 6.61 Å². The van der Waals surface area contributed by atoms with Crippen LogP contribution in [-0.4, -0.2) is 17.5 Å². The number of carbonyl (C=O) groups excluding carboxylic acids is 1. The summed E-state index contributed by atoms with van der Waals surface area (Å²) in [6.45, 7) is 20.4. The Balaban J connectivity index is 1.73. The van der Waals surface area contributed by atoms with Crippen molar-refractivity contribution in [3.63, 3.8) is 0 Å². The van der Waals surface area contributed by atoms with Crippen LogP contribution < -0.4 is 4.57 Å². The summed E-state index contributed by atoms with van der Waals surface area (Å²) in [4.78, 5) is 12.3. The van der Waals surface area contributed by atoms with Gasteiger partial charge >= 0.3 is 0 Å². The molecular weight excluding hydrogens is 550 g/mol. The van der Waals surface area contributed by atoms with Crippen LogP contribution in [0.15, 0.2) is 112 Å². The quantitative estimate of drug-likeness (QED) is 0.201. The van der Waals surface area contributed by atoms with Crippen molar-refractivity contribution in [1.82, 2.24) is 0 Å². The van der Waals surface area contributed by atoms with Crippen molar-refractivity contribution in [3.05, 3.63) is 123 Å². The van der Waals surface area contributed by atoms with Crippen molar-refractivity contribution in [3.8, 4) is 0 Å². The Bertz CT molecular complexity index is 1530. The lowest BCUT2D eigenvalue weighted by Crippen LogP contribution is -2.38. The van der Waals surface area contributed by atoms with Crippen molar-refractivity contribution in [1.29, 1.82) is 0 Å². The van der Waals surface area contributed by atoms with E-state index in [1.54, 1.807) is 0 Å². The maximum Gasteiger partial charge on any atom is 0.206 e. The highest BCUT2D eigenvalue weighted by molar-refractivity contribution is 5.97. The molecule has 3 heteroatoms. The Morgan fingerprint density at radius 3 is 2.16 bits per heavy atom. The molecule has 0 bridgehead atoms. The number of aliphatic hydroxyl groups is 1. The summed E-state index contributed by atoms with van der Waals surface area (Å²) < 4.78 is 2.08. The average Bonchev–Trinajstić information content (AvgIpc) is 2.96. The second-order valence-electron chi connectivity index (χ2n) is 14.2. The summed E-state index contributed by atoms with van der Waals surface area (Å²) in [6, 6.07) is 4.22. The monoisotopic (exact) mass is 606 g/mol. The van der Waals surface area contributed by atoms with Gasteiger partial charge in [0.15, 0.2) is 18.5 Å². The number of Topliss-reactive ketones (excluding diaryl/α,β-unsaturated/α-hetero) is 1. The van der Waals surface area contributed by atoms with E-state index in [0.29, 0.717) is 13.0 Å². The number of hydrogen-bond acceptors (Lipinski definition) is 2. The van der Waals surface area contributed by atoms with Crippen LogP contribution in [-0.2, 0) is 11.3 Å². The molecule has 2 aliphatic rings. The minimum Gasteiger partial charge on any atom is -0.390 e. The van der Waals surface area contributed by atoms with Crippen molar-refractivity contribution in [2.75, 3.05) is 6.61 Å². The first kappa shape index (κ1) is 35.9. The number of hydrogen-bond donors (Lipinski definition) is 1. The number of allylic oxidation sites excluding steroid dienone is 16. The Labute approximate surface area is 273 Å². The van der Waals surface area contributed by atoms with Gasteiger partial charge in [0, 0.05) is 24.6 Å². The summed E-state index contributed by atoms with van der Waals surface area (Å²) in [6.07, 6.45) is 30.9. The third-order valence-electron chi connectivity index (χ3n) is 9.27. The van der Waals surface area contributed by atoms with Crippen LogP contribution in [0, 0.1) is 10.8 Å². The maximum atomic E-state index is 12.3. The van der Waals surface area contributed by atoms with E-state index in [0.717, 1.165) is 40.0 Å². The molecule has 1 aromatic heterocycles. The molecule has 1 aromatic rings. The van der Waals surface area contributed by atoms with Gasteiger partial charge in [0.05, 0.1) is 0 Å². The summed E-state index contributed by atoms with van der Waals surface area (Å²) in [7, 11) is 0. The molecule has 1 N–H and O–H groups in total. The van der Waals surface area contributed by atoms with Crippen molar-refractivity contribution in [2.24, 2.45) is 10.8 Å². The highest BCUT2D eigenvalue weighted by Gasteiger charge is 2.30. The van der Waals surface area contributed by atoms with Crippen LogP contribution in [0.5, 0.6) is 0 Å². The van der Waals surface area contributed by atoms with Gasteiger partial charge in [-0.25, -0.2) is 0 Å². The molecule has 0 spiro atoms. The molecule has 0 radical (unpaired) electrons. The van der Waals surface area contributed by atoms with Crippen molar-refractivity contribution < 1.29 is 14.5 Å². The number of aliphatic hydroxyl groups excluding tert-OH is 1. The minimum absolute atomic E-state index is 0.0190. The van der Waals surface area contributed by atoms with Gasteiger partial charge in [0.25, 0.3) is 0 Å². The van der Waals surface area contributed by atoms with Gasteiger partial charge in [-0.1, -0.05) is 105 Å². The highest BCUT2D eigenvalue weighted by Crippen LogP contribution is 2.41. The SMILES string of the molecule is CC1=C(/C=C/C(C)=C/C=C/C(C)=C/c2cc(/C=C/C=C(C)/C=C/C3=C(C)C(=O)CCC3(C)C)cc[n+]2CCO)C(C)(C)CCC1. The van der Waals surface area contributed by atoms with E-state index in [4.69, 9.17) is 0 Å². The number of carbonyl (C=O) groups is 1. The first-order chi connectivity index (χ1) is 21.2. The van der Waals surface area contributed by atoms with Crippen LogP contribution in [0.2, 0.25) is 0 Å². The topological polar surface area (TPSA) is 41.2 Å². The van der Waals surface area contributed by atoms with E-state index < -0.39 is 0 Å². The molecule has 3 nitrogen and oxygen atoms in total. The van der Waals surface area contributed by atoms with Crippen molar-refractivity contribution >= 4 is 17.9 Å². The smallest absolute Gasteiger partial charge is 0.206 e. The van der Waals surface area contributed by atoms with Crippen LogP contribution in [0.3, 0.4) is 0 Å². The van der Waals surface area contributed by atoms with E-state index >= 15 is 0 Å². The zero-order valence-electron chi connectivity index (χ0n) is 29.3. The van der Waals surface area contributed by atoms with Crippen LogP contribution in [0.4, 0.5) is 0 Å². The second-order valence-corrected chi connectivity index (χ2v) is 14.2. The van der Waals surface area contributed by atoms with Gasteiger partial charge in [-0.15, -0.1) is 0 Å². The number of pyridine rings is 1. The first-order valence-corrected chi connectivity index (χ1v) is 16.6. The molecule has 240 valence electrons. The van der Waals surface area contributed by atoms with E-state index in [9.17, 15) is 9.90 Å². The normalized spacial score (nSPS) is 20.2. The van der Waals surface area contributed by atoms with E-state index in [1.807, 2.05) is 13.1 Å². The maximum absolute atomic E-state index is 12.3. The molecule has 0 saturated heterocycles. The summed E-state index contributed by atoms with van der Waals surface area (Å²) >= 11 is 0. The number of nitrogens with zero attached hydrogens (tertiary/aromatic N) is 1. The lowest BCUT2D eigenvalue weighted by atomic mass is 9.72. The molecule has 2 aliphatic carbocycles. The van der Waals surface area contributed by atoms with Gasteiger partial charge < -0.3 is 5.11 Å². The lowest BCUT2D eigenvalue weighted by Gasteiger charge is -2.32. The molecule has 3 rings (SSSR count). The fourth-order valence-corrected chi connectivity index (χ4v) is 6.36. The number of aromatic nitrogens is 1. The molecule has 45 heavy (non-hydrogen) atoms. The van der Waals surface area contributed by atoms with E-state index in [1.165, 1.54) is 36.0 Å². The van der Waals surface area contributed by atoms with Crippen LogP contribution >= 0.6 is 0 Å². The zero-order valence-corrected chi connectivity index (χ0v) is 29.3. The Morgan fingerprint density at radius 2 is 1.49 bits per heavy atom. The Hall–Kier alpha value is -3.56. The Morgan fingerprint density at radius 1 is 0.844 bits per heavy atom. The summed E-state index contributed by atoms with van der Waals surface area (Å²) in [5.41, 5.74) is 10.9. The number of ketones is 1. The molecule has 0 fully saturated rings. The molecule has 0 aliphatic heterocycles. The standard InChI is InChI=1S/C42H56NO2/c1-31(18-20-38-34(4)16-12-24-41(38,6)7)13-10-15-33(3)29-37-30-36(23-26-43(37)27-28-44)17-11-14-32(2)19-21-39-35(5)40(45)22-25-42(39,8)9/h10-11,13-15,17-21,23,26,29-30,44H,12,16,22,24-25,27-28H2,1-9H3/q+1/b15-10+,17-11+,20-18+,21-19+,31-13+,32-14+,33-29+. The zero-order chi connectivity index (χ0) is 33.2. The third-order valence-corrected chi connectivity index (χ3v) is 9.27. The largest absolute Gasteiger partial charge is 0.390 e. The summed E-state index contributed by atoms with van der Waals surface area (Å²) in [5, 5.41) is 9.63. The fourth-order valence-electron chi connectivity index (χ4n) is 6.36. The molecule has 0 unspecified atom stereocenters. The third kappa shape index (κ3) is 10.5. The molecular formula is C42H56NO2+. The fraction of sp³-hybridized carbons (Fsp3) is 0.429. The second kappa shape index (κ2) is 16.1. The predicted molar refractivity (Wildman–Crippen MR) is 192 cm³/mol. The molecule has 0 saturated carbocycles. The van der Waals surface area contributed by atoms with Gasteiger partial charge in [-0.3, -0.25) is 4.79 Å². The lowest BCUT2D eigenvalue weighted by molar-refractivity contribution is -0.699.